The summed E-state index contributed by atoms with van der Waals surface area (Å²) in [6.45, 7) is 1.89. The SMILES string of the molecule is CC(SCCl)C1=CC(=O)c2ccccc2C1=O. The van der Waals surface area contributed by atoms with E-state index in [1.807, 2.05) is 6.92 Å². The van der Waals surface area contributed by atoms with Crippen LogP contribution in [0, 0.1) is 0 Å². The van der Waals surface area contributed by atoms with Crippen molar-refractivity contribution in [2.75, 3.05) is 5.21 Å². The molecular formula is C13H11ClO2S. The summed E-state index contributed by atoms with van der Waals surface area (Å²) in [6, 6.07) is 6.91. The molecule has 88 valence electrons. The van der Waals surface area contributed by atoms with Crippen LogP contribution in [0.5, 0.6) is 0 Å². The molecule has 17 heavy (non-hydrogen) atoms. The van der Waals surface area contributed by atoms with E-state index < -0.39 is 0 Å². The number of allylic oxidation sites excluding steroid dienone is 1. The van der Waals surface area contributed by atoms with Gasteiger partial charge in [-0.05, 0) is 13.0 Å². The summed E-state index contributed by atoms with van der Waals surface area (Å²) in [6.07, 6.45) is 1.44. The molecule has 1 aromatic rings. The summed E-state index contributed by atoms with van der Waals surface area (Å²) in [7, 11) is 0. The van der Waals surface area contributed by atoms with E-state index in [-0.39, 0.29) is 16.8 Å². The largest absolute Gasteiger partial charge is 0.289 e. The summed E-state index contributed by atoms with van der Waals surface area (Å²) >= 11 is 7.08. The topological polar surface area (TPSA) is 34.1 Å². The number of thioether (sulfide) groups is 1. The Morgan fingerprint density at radius 3 is 2.53 bits per heavy atom. The van der Waals surface area contributed by atoms with Crippen LogP contribution < -0.4 is 0 Å². The lowest BCUT2D eigenvalue weighted by atomic mass is 9.88. The highest BCUT2D eigenvalue weighted by molar-refractivity contribution is 8.01. The molecule has 0 amide bonds. The number of halogens is 1. The highest BCUT2D eigenvalue weighted by atomic mass is 35.5. The van der Waals surface area contributed by atoms with Gasteiger partial charge in [-0.15, -0.1) is 23.4 Å². The van der Waals surface area contributed by atoms with Crippen molar-refractivity contribution in [3.63, 3.8) is 0 Å². The number of carbonyl (C=O) groups excluding carboxylic acids is 2. The van der Waals surface area contributed by atoms with Crippen molar-refractivity contribution in [2.24, 2.45) is 0 Å². The normalized spacial score (nSPS) is 16.5. The zero-order valence-corrected chi connectivity index (χ0v) is 10.8. The zero-order valence-electron chi connectivity index (χ0n) is 9.27. The van der Waals surface area contributed by atoms with E-state index in [4.69, 9.17) is 11.6 Å². The fourth-order valence-electron chi connectivity index (χ4n) is 1.82. The molecule has 1 aliphatic carbocycles. The van der Waals surface area contributed by atoms with Gasteiger partial charge >= 0.3 is 0 Å². The minimum absolute atomic E-state index is 0.0580. The number of alkyl halides is 1. The van der Waals surface area contributed by atoms with Crippen LogP contribution in [0.4, 0.5) is 0 Å². The van der Waals surface area contributed by atoms with Gasteiger partial charge in [0.15, 0.2) is 11.6 Å². The molecule has 1 aromatic carbocycles. The Hall–Kier alpha value is -1.06. The van der Waals surface area contributed by atoms with Gasteiger partial charge in [-0.25, -0.2) is 0 Å². The molecule has 1 atom stereocenters. The number of carbonyl (C=O) groups is 2. The monoisotopic (exact) mass is 266 g/mol. The minimum atomic E-state index is -0.0998. The van der Waals surface area contributed by atoms with Crippen LogP contribution in [0.15, 0.2) is 35.9 Å². The summed E-state index contributed by atoms with van der Waals surface area (Å²) in [5, 5.41) is 0.346. The molecule has 0 fully saturated rings. The number of hydrogen-bond donors (Lipinski definition) is 0. The summed E-state index contributed by atoms with van der Waals surface area (Å²) in [4.78, 5) is 24.1. The van der Waals surface area contributed by atoms with E-state index in [9.17, 15) is 9.59 Å². The van der Waals surface area contributed by atoms with E-state index >= 15 is 0 Å². The van der Waals surface area contributed by atoms with Crippen molar-refractivity contribution in [3.8, 4) is 0 Å². The van der Waals surface area contributed by atoms with Gasteiger partial charge in [-0.1, -0.05) is 24.3 Å². The Labute approximate surface area is 109 Å². The first kappa shape index (κ1) is 12.4. The van der Waals surface area contributed by atoms with Crippen molar-refractivity contribution >= 4 is 34.9 Å². The molecule has 0 saturated carbocycles. The molecule has 2 nitrogen and oxygen atoms in total. The maximum absolute atomic E-state index is 12.2. The smallest absolute Gasteiger partial charge is 0.191 e. The number of hydrogen-bond acceptors (Lipinski definition) is 3. The number of fused-ring (bicyclic) bond motifs is 1. The Kier molecular flexibility index (Phi) is 3.69. The summed E-state index contributed by atoms with van der Waals surface area (Å²) in [5.74, 6) is -0.164. The molecule has 0 bridgehead atoms. The van der Waals surface area contributed by atoms with Crippen LogP contribution in [0.2, 0.25) is 0 Å². The van der Waals surface area contributed by atoms with Crippen LogP contribution in [0.1, 0.15) is 27.6 Å². The van der Waals surface area contributed by atoms with Gasteiger partial charge in [0.05, 0.1) is 5.21 Å². The van der Waals surface area contributed by atoms with Crippen molar-refractivity contribution in [1.82, 2.24) is 0 Å². The molecule has 0 aliphatic heterocycles. The van der Waals surface area contributed by atoms with Crippen molar-refractivity contribution in [2.45, 2.75) is 12.2 Å². The van der Waals surface area contributed by atoms with Gasteiger partial charge in [0.2, 0.25) is 0 Å². The Balaban J connectivity index is 2.41. The molecule has 1 aliphatic rings. The van der Waals surface area contributed by atoms with Crippen LogP contribution in [-0.2, 0) is 0 Å². The average Bonchev–Trinajstić information content (AvgIpc) is 2.34. The van der Waals surface area contributed by atoms with E-state index in [0.29, 0.717) is 21.9 Å². The zero-order chi connectivity index (χ0) is 12.4. The molecule has 0 spiro atoms. The fraction of sp³-hybridized carbons (Fsp3) is 0.231. The molecule has 4 heteroatoms. The Morgan fingerprint density at radius 1 is 1.24 bits per heavy atom. The Bertz CT molecular complexity index is 508. The number of rotatable bonds is 3. The van der Waals surface area contributed by atoms with E-state index in [1.54, 1.807) is 24.3 Å². The van der Waals surface area contributed by atoms with Gasteiger partial charge in [0, 0.05) is 21.9 Å². The van der Waals surface area contributed by atoms with E-state index in [1.165, 1.54) is 17.8 Å². The minimum Gasteiger partial charge on any atom is -0.289 e. The van der Waals surface area contributed by atoms with Crippen molar-refractivity contribution in [3.05, 3.63) is 47.0 Å². The molecule has 0 N–H and O–H groups in total. The first-order valence-corrected chi connectivity index (χ1v) is 6.80. The fourth-order valence-corrected chi connectivity index (χ4v) is 2.93. The highest BCUT2D eigenvalue weighted by Gasteiger charge is 2.27. The molecule has 0 saturated heterocycles. The van der Waals surface area contributed by atoms with E-state index in [2.05, 4.69) is 0 Å². The first-order valence-electron chi connectivity index (χ1n) is 5.22. The lowest BCUT2D eigenvalue weighted by Crippen LogP contribution is -2.22. The van der Waals surface area contributed by atoms with Crippen LogP contribution in [0.25, 0.3) is 0 Å². The maximum atomic E-state index is 12.2. The standard InChI is InChI=1S/C13H11ClO2S/c1-8(17-7-14)11-6-12(15)9-4-2-3-5-10(9)13(11)16/h2-6,8H,7H2,1H3. The van der Waals surface area contributed by atoms with E-state index in [0.717, 1.165) is 0 Å². The second-order valence-electron chi connectivity index (χ2n) is 3.76. The second kappa shape index (κ2) is 5.07. The predicted octanol–water partition coefficient (Wildman–Crippen LogP) is 3.31. The third-order valence-corrected chi connectivity index (χ3v) is 3.99. The first-order chi connectivity index (χ1) is 8.15. The van der Waals surface area contributed by atoms with Crippen LogP contribution >= 0.6 is 23.4 Å². The van der Waals surface area contributed by atoms with Gasteiger partial charge in [0.1, 0.15) is 0 Å². The number of Topliss-reactive ketones (excluding diaryl/α,β-unsaturated/α-hetero) is 1. The maximum Gasteiger partial charge on any atom is 0.191 e. The van der Waals surface area contributed by atoms with Crippen LogP contribution in [0.3, 0.4) is 0 Å². The van der Waals surface area contributed by atoms with Crippen LogP contribution in [-0.4, -0.2) is 22.0 Å². The van der Waals surface area contributed by atoms with Gasteiger partial charge in [-0.2, -0.15) is 0 Å². The summed E-state index contributed by atoms with van der Waals surface area (Å²) < 4.78 is 0. The molecular weight excluding hydrogens is 256 g/mol. The predicted molar refractivity (Wildman–Crippen MR) is 71.0 cm³/mol. The number of benzene rings is 1. The van der Waals surface area contributed by atoms with Crippen molar-refractivity contribution < 1.29 is 9.59 Å². The van der Waals surface area contributed by atoms with Gasteiger partial charge in [0.25, 0.3) is 0 Å². The highest BCUT2D eigenvalue weighted by Crippen LogP contribution is 2.28. The third kappa shape index (κ3) is 2.31. The average molecular weight is 267 g/mol. The van der Waals surface area contributed by atoms with Gasteiger partial charge < -0.3 is 0 Å². The molecule has 0 radical (unpaired) electrons. The lowest BCUT2D eigenvalue weighted by molar-refractivity contribution is 0.0982. The third-order valence-electron chi connectivity index (χ3n) is 2.74. The molecule has 0 aromatic heterocycles. The summed E-state index contributed by atoms with van der Waals surface area (Å²) in [5.41, 5.74) is 1.53. The molecule has 0 heterocycles. The lowest BCUT2D eigenvalue weighted by Gasteiger charge is -2.18. The Morgan fingerprint density at radius 2 is 1.88 bits per heavy atom. The molecule has 2 rings (SSSR count). The second-order valence-corrected chi connectivity index (χ2v) is 5.67. The quantitative estimate of drug-likeness (QED) is 0.787. The van der Waals surface area contributed by atoms with Crippen molar-refractivity contribution in [1.29, 1.82) is 0 Å². The number of ketones is 2. The van der Waals surface area contributed by atoms with Gasteiger partial charge in [-0.3, -0.25) is 9.59 Å². The molecule has 1 unspecified atom stereocenters.